The van der Waals surface area contributed by atoms with Crippen LogP contribution in [0.5, 0.6) is 0 Å². The first kappa shape index (κ1) is 20.3. The molecule has 0 atom stereocenters. The number of nitrogens with zero attached hydrogens (tertiary/aromatic N) is 4. The molecule has 0 aliphatic carbocycles. The number of nitrogens with one attached hydrogen (secondary N) is 3. The summed E-state index contributed by atoms with van der Waals surface area (Å²) in [5, 5.41) is 23.9. The number of aromatic nitrogens is 2. The lowest BCUT2D eigenvalue weighted by Crippen LogP contribution is -2.21. The zero-order chi connectivity index (χ0) is 20.9. The monoisotopic (exact) mass is 416 g/mol. The quantitative estimate of drug-likeness (QED) is 0.299. The van der Waals surface area contributed by atoms with E-state index in [2.05, 4.69) is 20.3 Å². The van der Waals surface area contributed by atoms with E-state index in [0.29, 0.717) is 24.6 Å². The molecule has 1 fully saturated rings. The van der Waals surface area contributed by atoms with Crippen LogP contribution in [-0.2, 0) is 14.8 Å². The van der Waals surface area contributed by atoms with E-state index in [9.17, 15) is 8.42 Å². The Labute approximate surface area is 167 Å². The molecule has 0 bridgehead atoms. The van der Waals surface area contributed by atoms with Crippen LogP contribution in [0.3, 0.4) is 0 Å². The van der Waals surface area contributed by atoms with Gasteiger partial charge in [0.1, 0.15) is 6.07 Å². The molecule has 0 amide bonds. The third kappa shape index (κ3) is 5.09. The number of ether oxygens (including phenoxy) is 1. The Morgan fingerprint density at radius 3 is 2.62 bits per heavy atom. The number of nitriles is 1. The van der Waals surface area contributed by atoms with E-state index in [-0.39, 0.29) is 16.6 Å². The minimum absolute atomic E-state index is 0.0536. The van der Waals surface area contributed by atoms with Crippen LogP contribution in [0.4, 0.5) is 11.4 Å². The van der Waals surface area contributed by atoms with Gasteiger partial charge in [-0.15, -0.1) is 0 Å². The number of hydrogen-bond acceptors (Lipinski definition) is 8. The van der Waals surface area contributed by atoms with Gasteiger partial charge in [0.25, 0.3) is 10.0 Å². The van der Waals surface area contributed by atoms with E-state index < -0.39 is 15.9 Å². The van der Waals surface area contributed by atoms with Crippen molar-refractivity contribution in [1.29, 1.82) is 10.7 Å². The van der Waals surface area contributed by atoms with E-state index in [1.807, 2.05) is 0 Å². The molecule has 1 aliphatic rings. The minimum atomic E-state index is -3.79. The number of hydrogen-bond donors (Lipinski definition) is 4. The summed E-state index contributed by atoms with van der Waals surface area (Å²) in [7, 11) is -3.79. The first-order chi connectivity index (χ1) is 13.9. The molecule has 1 saturated heterocycles. The molecule has 5 N–H and O–H groups in total. The highest BCUT2D eigenvalue weighted by molar-refractivity contribution is 7.92. The smallest absolute Gasteiger partial charge is 0.261 e. The molecule has 0 saturated carbocycles. The van der Waals surface area contributed by atoms with Crippen LogP contribution in [0, 0.1) is 16.7 Å². The molecule has 1 aromatic carbocycles. The molecule has 1 aliphatic heterocycles. The first-order valence-electron chi connectivity index (χ1n) is 8.72. The molecule has 0 radical (unpaired) electrons. The standard InChI is InChI=1S/C17H20N8O3S/c18-9-16(17(19)20)23-22-12-1-3-15(4-2-12)29(26,27)24-13-10-21-25(11-13)14-5-7-28-8-6-14/h1-4,10-11,14,22,24H,5-8H2,(H3,19,20)/b23-16+. The summed E-state index contributed by atoms with van der Waals surface area (Å²) < 4.78 is 34.8. The van der Waals surface area contributed by atoms with Crippen LogP contribution in [0.25, 0.3) is 0 Å². The Hall–Kier alpha value is -3.43. The van der Waals surface area contributed by atoms with Crippen molar-refractivity contribution in [2.75, 3.05) is 23.4 Å². The predicted molar refractivity (Wildman–Crippen MR) is 107 cm³/mol. The fourth-order valence-electron chi connectivity index (χ4n) is 2.73. The third-order valence-corrected chi connectivity index (χ3v) is 5.64. The highest BCUT2D eigenvalue weighted by atomic mass is 32.2. The van der Waals surface area contributed by atoms with Gasteiger partial charge in [0.15, 0.2) is 5.84 Å². The van der Waals surface area contributed by atoms with Gasteiger partial charge in [-0.05, 0) is 37.1 Å². The summed E-state index contributed by atoms with van der Waals surface area (Å²) in [5.74, 6) is -0.468. The second-order valence-electron chi connectivity index (χ2n) is 6.28. The van der Waals surface area contributed by atoms with Gasteiger partial charge in [0.2, 0.25) is 5.71 Å². The fourth-order valence-corrected chi connectivity index (χ4v) is 3.76. The van der Waals surface area contributed by atoms with Gasteiger partial charge < -0.3 is 10.5 Å². The Bertz CT molecular complexity index is 1050. The molecule has 29 heavy (non-hydrogen) atoms. The maximum absolute atomic E-state index is 12.6. The first-order valence-corrected chi connectivity index (χ1v) is 10.2. The minimum Gasteiger partial charge on any atom is -0.382 e. The van der Waals surface area contributed by atoms with E-state index in [1.54, 1.807) is 16.9 Å². The fraction of sp³-hybridized carbons (Fsp3) is 0.294. The van der Waals surface area contributed by atoms with Crippen molar-refractivity contribution in [3.8, 4) is 6.07 Å². The van der Waals surface area contributed by atoms with Crippen molar-refractivity contribution in [1.82, 2.24) is 9.78 Å². The number of amidine groups is 1. The lowest BCUT2D eigenvalue weighted by atomic mass is 10.1. The van der Waals surface area contributed by atoms with Crippen molar-refractivity contribution in [2.45, 2.75) is 23.8 Å². The number of sulfonamides is 1. The summed E-state index contributed by atoms with van der Waals surface area (Å²) in [6.07, 6.45) is 4.82. The predicted octanol–water partition coefficient (Wildman–Crippen LogP) is 1.26. The van der Waals surface area contributed by atoms with E-state index >= 15 is 0 Å². The van der Waals surface area contributed by atoms with Gasteiger partial charge in [-0.2, -0.15) is 15.5 Å². The van der Waals surface area contributed by atoms with E-state index in [0.717, 1.165) is 12.8 Å². The van der Waals surface area contributed by atoms with Crippen LogP contribution in [0.15, 0.2) is 46.7 Å². The normalized spacial score (nSPS) is 15.5. The largest absolute Gasteiger partial charge is 0.382 e. The molecule has 11 nitrogen and oxygen atoms in total. The number of anilines is 2. The summed E-state index contributed by atoms with van der Waals surface area (Å²) in [5.41, 5.74) is 8.30. The van der Waals surface area contributed by atoms with E-state index in [4.69, 9.17) is 21.1 Å². The number of benzene rings is 1. The zero-order valence-electron chi connectivity index (χ0n) is 15.4. The summed E-state index contributed by atoms with van der Waals surface area (Å²) >= 11 is 0. The highest BCUT2D eigenvalue weighted by Crippen LogP contribution is 2.23. The van der Waals surface area contributed by atoms with Gasteiger partial charge in [-0.1, -0.05) is 0 Å². The second-order valence-corrected chi connectivity index (χ2v) is 7.96. The Kier molecular flexibility index (Phi) is 6.10. The van der Waals surface area contributed by atoms with E-state index in [1.165, 1.54) is 30.5 Å². The molecule has 3 rings (SSSR count). The molecule has 2 heterocycles. The zero-order valence-corrected chi connectivity index (χ0v) is 16.2. The topological polar surface area (TPSA) is 171 Å². The highest BCUT2D eigenvalue weighted by Gasteiger charge is 2.19. The van der Waals surface area contributed by atoms with Crippen molar-refractivity contribution in [3.63, 3.8) is 0 Å². The van der Waals surface area contributed by atoms with Crippen molar-refractivity contribution >= 4 is 32.9 Å². The molecular weight excluding hydrogens is 396 g/mol. The van der Waals surface area contributed by atoms with Gasteiger partial charge in [-0.25, -0.2) is 8.42 Å². The lowest BCUT2D eigenvalue weighted by Gasteiger charge is -2.22. The molecule has 12 heteroatoms. The van der Waals surface area contributed by atoms with Crippen LogP contribution in [-0.4, -0.2) is 43.0 Å². The number of nitrogens with two attached hydrogens (primary N) is 1. The van der Waals surface area contributed by atoms with Crippen molar-refractivity contribution in [3.05, 3.63) is 36.7 Å². The van der Waals surface area contributed by atoms with Crippen LogP contribution in [0.1, 0.15) is 18.9 Å². The van der Waals surface area contributed by atoms with Gasteiger partial charge in [0, 0.05) is 19.4 Å². The summed E-state index contributed by atoms with van der Waals surface area (Å²) in [4.78, 5) is 0.0536. The van der Waals surface area contributed by atoms with Crippen molar-refractivity contribution in [2.24, 2.45) is 10.8 Å². The van der Waals surface area contributed by atoms with Crippen molar-refractivity contribution < 1.29 is 13.2 Å². The average Bonchev–Trinajstić information content (AvgIpc) is 3.17. The number of rotatable bonds is 7. The van der Waals surface area contributed by atoms with Crippen LogP contribution in [0.2, 0.25) is 0 Å². The third-order valence-electron chi connectivity index (χ3n) is 4.24. The molecule has 2 aromatic rings. The second kappa shape index (κ2) is 8.72. The van der Waals surface area contributed by atoms with Gasteiger partial charge in [-0.3, -0.25) is 20.2 Å². The molecule has 0 unspecified atom stereocenters. The Balaban J connectivity index is 1.67. The molecule has 152 valence electrons. The molecule has 1 aromatic heterocycles. The average molecular weight is 416 g/mol. The Morgan fingerprint density at radius 2 is 2.00 bits per heavy atom. The molecular formula is C17H20N8O3S. The van der Waals surface area contributed by atoms with Crippen LogP contribution < -0.4 is 15.9 Å². The Morgan fingerprint density at radius 1 is 1.31 bits per heavy atom. The van der Waals surface area contributed by atoms with Gasteiger partial charge >= 0.3 is 0 Å². The maximum atomic E-state index is 12.6. The lowest BCUT2D eigenvalue weighted by molar-refractivity contribution is 0.0662. The van der Waals surface area contributed by atoms with Gasteiger partial charge in [0.05, 0.1) is 28.5 Å². The summed E-state index contributed by atoms with van der Waals surface area (Å²) in [6.45, 7) is 1.33. The number of hydrazone groups is 1. The summed E-state index contributed by atoms with van der Waals surface area (Å²) in [6, 6.07) is 7.63. The SMILES string of the molecule is N#C/C(=N\Nc1ccc(S(=O)(=O)Nc2cnn(C3CCOCC3)c2)cc1)C(=N)N. The van der Waals surface area contributed by atoms with Crippen LogP contribution >= 0.6 is 0 Å². The maximum Gasteiger partial charge on any atom is 0.261 e. The molecule has 0 spiro atoms.